The van der Waals surface area contributed by atoms with Crippen molar-refractivity contribution >= 4 is 22.6 Å². The average molecular weight is 414 g/mol. The number of ketones is 1. The quantitative estimate of drug-likeness (QED) is 0.268. The molecule has 0 saturated heterocycles. The number of fused-ring (bicyclic) bond motifs is 1. The average Bonchev–Trinajstić information content (AvgIpc) is 3.24. The van der Waals surface area contributed by atoms with Gasteiger partial charge in [0.2, 0.25) is 11.7 Å². The van der Waals surface area contributed by atoms with E-state index >= 15 is 0 Å². The summed E-state index contributed by atoms with van der Waals surface area (Å²) in [6.45, 7) is 0.367. The molecule has 0 spiro atoms. The number of methoxy groups -OCH3 is 1. The summed E-state index contributed by atoms with van der Waals surface area (Å²) in [5, 5.41) is 19.8. The molecule has 2 aromatic heterocycles. The van der Waals surface area contributed by atoms with Crippen molar-refractivity contribution in [3.8, 4) is 17.6 Å². The second-order valence-electron chi connectivity index (χ2n) is 6.63. The Morgan fingerprint density at radius 2 is 2.13 bits per heavy atom. The molecule has 4 rings (SSSR count). The van der Waals surface area contributed by atoms with Crippen molar-refractivity contribution in [3.05, 3.63) is 77.2 Å². The maximum atomic E-state index is 13.1. The Morgan fingerprint density at radius 1 is 1.29 bits per heavy atom. The van der Waals surface area contributed by atoms with E-state index in [4.69, 9.17) is 4.74 Å². The van der Waals surface area contributed by atoms with Gasteiger partial charge in [-0.15, -0.1) is 0 Å². The van der Waals surface area contributed by atoms with Crippen LogP contribution in [0.1, 0.15) is 27.2 Å². The summed E-state index contributed by atoms with van der Waals surface area (Å²) in [6, 6.07) is 14.3. The van der Waals surface area contributed by atoms with Crippen molar-refractivity contribution in [2.24, 2.45) is 0 Å². The van der Waals surface area contributed by atoms with Gasteiger partial charge in [-0.05, 0) is 23.8 Å². The molecule has 154 valence electrons. The van der Waals surface area contributed by atoms with Crippen LogP contribution in [0.15, 0.2) is 54.9 Å². The number of carbonyl (C=O) groups excluding carboxylic acids is 1. The van der Waals surface area contributed by atoms with E-state index in [1.807, 2.05) is 30.3 Å². The van der Waals surface area contributed by atoms with E-state index in [1.165, 1.54) is 19.4 Å². The molecule has 0 aliphatic rings. The molecule has 0 aliphatic carbocycles. The maximum absolute atomic E-state index is 13.1. The Bertz CT molecular complexity index is 1310. The number of hydrogen-bond acceptors (Lipinski definition) is 8. The second-order valence-corrected chi connectivity index (χ2v) is 6.63. The summed E-state index contributed by atoms with van der Waals surface area (Å²) in [6.07, 6.45) is 2.92. The number of aromatic hydroxyl groups is 1. The van der Waals surface area contributed by atoms with E-state index in [0.29, 0.717) is 17.9 Å². The van der Waals surface area contributed by atoms with Crippen LogP contribution in [0, 0.1) is 11.3 Å². The minimum Gasteiger partial charge on any atom is -0.504 e. The van der Waals surface area contributed by atoms with E-state index in [9.17, 15) is 15.2 Å². The van der Waals surface area contributed by atoms with Crippen molar-refractivity contribution in [3.63, 3.8) is 0 Å². The van der Waals surface area contributed by atoms with E-state index in [0.717, 1.165) is 16.5 Å². The Labute approximate surface area is 177 Å². The first-order chi connectivity index (χ1) is 15.1. The van der Waals surface area contributed by atoms with Crippen LogP contribution in [0.4, 0.5) is 5.95 Å². The number of anilines is 1. The number of hydrogen-bond donors (Lipinski definition) is 4. The normalized spacial score (nSPS) is 10.6. The van der Waals surface area contributed by atoms with E-state index in [-0.39, 0.29) is 28.7 Å². The van der Waals surface area contributed by atoms with Gasteiger partial charge < -0.3 is 14.8 Å². The lowest BCUT2D eigenvalue weighted by atomic mass is 10.0. The number of nitrogens with one attached hydrogen (secondary N) is 3. The van der Waals surface area contributed by atoms with Crippen molar-refractivity contribution in [2.75, 3.05) is 12.5 Å². The molecule has 0 bridgehead atoms. The number of phenols is 1. The summed E-state index contributed by atoms with van der Waals surface area (Å²) < 4.78 is 5.09. The van der Waals surface area contributed by atoms with Gasteiger partial charge in [-0.25, -0.2) is 15.4 Å². The minimum atomic E-state index is -0.372. The summed E-state index contributed by atoms with van der Waals surface area (Å²) in [5.74, 6) is 0.186. The molecule has 31 heavy (non-hydrogen) atoms. The monoisotopic (exact) mass is 414 g/mol. The van der Waals surface area contributed by atoms with Gasteiger partial charge >= 0.3 is 0 Å². The molecule has 0 unspecified atom stereocenters. The lowest BCUT2D eigenvalue weighted by molar-refractivity contribution is 0.103. The zero-order valence-corrected chi connectivity index (χ0v) is 16.5. The highest BCUT2D eigenvalue weighted by Crippen LogP contribution is 2.26. The molecule has 0 fully saturated rings. The molecule has 4 N–H and O–H groups in total. The number of aromatic nitrogens is 3. The fourth-order valence-corrected chi connectivity index (χ4v) is 3.14. The molecule has 0 radical (unpaired) electrons. The fraction of sp³-hybridized carbons (Fsp3) is 0.0909. The lowest BCUT2D eigenvalue weighted by Crippen LogP contribution is -2.23. The minimum absolute atomic E-state index is 0.0119. The first-order valence-corrected chi connectivity index (χ1v) is 9.33. The van der Waals surface area contributed by atoms with E-state index < -0.39 is 0 Å². The first kappa shape index (κ1) is 19.9. The molecule has 2 aromatic carbocycles. The van der Waals surface area contributed by atoms with E-state index in [2.05, 4.69) is 25.8 Å². The summed E-state index contributed by atoms with van der Waals surface area (Å²) in [5.41, 5.74) is 7.96. The van der Waals surface area contributed by atoms with Crippen molar-refractivity contribution in [2.45, 2.75) is 6.54 Å². The van der Waals surface area contributed by atoms with Gasteiger partial charge in [-0.1, -0.05) is 24.3 Å². The highest BCUT2D eigenvalue weighted by atomic mass is 16.5. The van der Waals surface area contributed by atoms with Gasteiger partial charge in [0.15, 0.2) is 11.5 Å². The molecular formula is C22H18N6O3. The Hall–Kier alpha value is -4.42. The highest BCUT2D eigenvalue weighted by Gasteiger charge is 2.20. The second kappa shape index (κ2) is 8.52. The SMILES string of the molecule is COc1cc(CNNc2ncc(C#N)c(C(=O)c3c[nH]c4ccccc34)n2)ccc1O. The molecule has 4 aromatic rings. The number of benzene rings is 2. The lowest BCUT2D eigenvalue weighted by Gasteiger charge is -2.10. The van der Waals surface area contributed by atoms with Crippen molar-refractivity contribution in [1.82, 2.24) is 20.4 Å². The number of phenolic OH excluding ortho intramolecular Hbond substituents is 1. The third-order valence-corrected chi connectivity index (χ3v) is 4.69. The standard InChI is InChI=1S/C22H18N6O3/c1-31-19-8-13(6-7-18(19)29)10-26-28-22-25-11-14(9-23)20(27-22)21(30)16-12-24-17-5-3-2-4-15(16)17/h2-8,11-12,24,26,29H,10H2,1H3,(H,25,27,28). The molecule has 9 nitrogen and oxygen atoms in total. The van der Waals surface area contributed by atoms with Gasteiger partial charge in [0.25, 0.3) is 0 Å². The number of nitriles is 1. The van der Waals surface area contributed by atoms with Crippen LogP contribution in [0.5, 0.6) is 11.5 Å². The Morgan fingerprint density at radius 3 is 2.94 bits per heavy atom. The van der Waals surface area contributed by atoms with Gasteiger partial charge in [-0.2, -0.15) is 5.26 Å². The third-order valence-electron chi connectivity index (χ3n) is 4.69. The number of ether oxygens (including phenoxy) is 1. The van der Waals surface area contributed by atoms with Crippen LogP contribution in [0.25, 0.3) is 10.9 Å². The number of nitrogens with zero attached hydrogens (tertiary/aromatic N) is 3. The largest absolute Gasteiger partial charge is 0.504 e. The Kier molecular flexibility index (Phi) is 5.47. The van der Waals surface area contributed by atoms with Crippen molar-refractivity contribution in [1.29, 1.82) is 5.26 Å². The molecule has 0 saturated carbocycles. The smallest absolute Gasteiger partial charge is 0.238 e. The van der Waals surface area contributed by atoms with Crippen LogP contribution in [0.3, 0.4) is 0 Å². The summed E-state index contributed by atoms with van der Waals surface area (Å²) >= 11 is 0. The van der Waals surface area contributed by atoms with Crippen molar-refractivity contribution < 1.29 is 14.6 Å². The van der Waals surface area contributed by atoms with Crippen LogP contribution in [-0.2, 0) is 6.54 Å². The molecule has 0 amide bonds. The van der Waals surface area contributed by atoms with Crippen LogP contribution >= 0.6 is 0 Å². The number of H-pyrrole nitrogens is 1. The topological polar surface area (TPSA) is 136 Å². The number of hydrazine groups is 1. The number of para-hydroxylation sites is 1. The van der Waals surface area contributed by atoms with E-state index in [1.54, 1.807) is 18.3 Å². The molecule has 9 heteroatoms. The zero-order chi connectivity index (χ0) is 21.8. The molecule has 2 heterocycles. The van der Waals surface area contributed by atoms with Gasteiger partial charge in [0, 0.05) is 29.2 Å². The first-order valence-electron chi connectivity index (χ1n) is 9.33. The molecule has 0 aliphatic heterocycles. The third kappa shape index (κ3) is 4.01. The Balaban J connectivity index is 1.54. The zero-order valence-electron chi connectivity index (χ0n) is 16.5. The summed E-state index contributed by atoms with van der Waals surface area (Å²) in [4.78, 5) is 24.5. The number of rotatable bonds is 7. The highest BCUT2D eigenvalue weighted by molar-refractivity contribution is 6.16. The molecule has 0 atom stereocenters. The predicted molar refractivity (Wildman–Crippen MR) is 114 cm³/mol. The molecular weight excluding hydrogens is 396 g/mol. The number of carbonyl (C=O) groups is 1. The number of aromatic amines is 1. The summed E-state index contributed by atoms with van der Waals surface area (Å²) in [7, 11) is 1.47. The van der Waals surface area contributed by atoms with Crippen LogP contribution < -0.4 is 15.6 Å². The predicted octanol–water partition coefficient (Wildman–Crippen LogP) is 2.89. The van der Waals surface area contributed by atoms with Gasteiger partial charge in [-0.3, -0.25) is 10.2 Å². The van der Waals surface area contributed by atoms with Crippen LogP contribution in [0.2, 0.25) is 0 Å². The van der Waals surface area contributed by atoms with Gasteiger partial charge in [0.05, 0.1) is 13.3 Å². The van der Waals surface area contributed by atoms with Crippen LogP contribution in [-0.4, -0.2) is 33.0 Å². The fourth-order valence-electron chi connectivity index (χ4n) is 3.14. The maximum Gasteiger partial charge on any atom is 0.238 e. The van der Waals surface area contributed by atoms with Gasteiger partial charge in [0.1, 0.15) is 17.3 Å².